The highest BCUT2D eigenvalue weighted by molar-refractivity contribution is 7.08. The summed E-state index contributed by atoms with van der Waals surface area (Å²) in [6.45, 7) is -0.815. The Morgan fingerprint density at radius 2 is 2.04 bits per heavy atom. The van der Waals surface area contributed by atoms with Crippen molar-refractivity contribution in [3.8, 4) is 11.1 Å². The van der Waals surface area contributed by atoms with Gasteiger partial charge in [-0.1, -0.05) is 12.1 Å². The van der Waals surface area contributed by atoms with Crippen molar-refractivity contribution in [3.63, 3.8) is 0 Å². The molecule has 0 aliphatic carbocycles. The molecule has 2 N–H and O–H groups in total. The monoisotopic (exact) mass is 398 g/mol. The van der Waals surface area contributed by atoms with E-state index in [0.717, 1.165) is 16.0 Å². The van der Waals surface area contributed by atoms with Crippen LogP contribution in [0.4, 0.5) is 8.78 Å². The number of pyridine rings is 1. The van der Waals surface area contributed by atoms with Gasteiger partial charge in [0, 0.05) is 12.6 Å². The van der Waals surface area contributed by atoms with Gasteiger partial charge in [-0.05, 0) is 52.2 Å². The van der Waals surface area contributed by atoms with Gasteiger partial charge in [0.1, 0.15) is 12.5 Å². The molecule has 1 unspecified atom stereocenters. The van der Waals surface area contributed by atoms with Gasteiger partial charge >= 0.3 is 0 Å². The quantitative estimate of drug-likeness (QED) is 0.732. The number of alkyl halides is 1. The highest BCUT2D eigenvalue weighted by Crippen LogP contribution is 2.41. The Morgan fingerprint density at radius 1 is 1.21 bits per heavy atom. The number of carbonyl (C=O) groups is 1. The number of carbonyl (C=O) groups excluding carboxylic acids is 1. The lowest BCUT2D eigenvalue weighted by atomic mass is 9.84. The van der Waals surface area contributed by atoms with E-state index in [4.69, 9.17) is 5.73 Å². The number of benzene rings is 1. The Labute approximate surface area is 164 Å². The number of nitrogens with zero attached hydrogens (tertiary/aromatic N) is 3. The standard InChI is InChI=1S/C20H16F2N4OS/c1-26-18(27)20(25-19(26)23,17-4-2-3-14(10-21)24-17)15-9-12(5-6-16(15)22)13-7-8-28-11-13/h2-9,11H,10H2,1H3,(H2,23,25). The molecular formula is C20H16F2N4OS. The number of aromatic nitrogens is 1. The average Bonchev–Trinajstić information content (AvgIpc) is 3.32. The van der Waals surface area contributed by atoms with E-state index in [2.05, 4.69) is 9.98 Å². The summed E-state index contributed by atoms with van der Waals surface area (Å²) in [6.07, 6.45) is 0. The molecule has 0 bridgehead atoms. The second kappa shape index (κ2) is 6.79. The first-order valence-electron chi connectivity index (χ1n) is 8.46. The SMILES string of the molecule is CN1C(=O)C(c2cccc(CF)n2)(c2cc(-c3ccsc3)ccc2F)N=C1N. The van der Waals surface area contributed by atoms with Crippen LogP contribution in [0.2, 0.25) is 0 Å². The Hall–Kier alpha value is -3.13. The van der Waals surface area contributed by atoms with Crippen LogP contribution < -0.4 is 5.73 Å². The van der Waals surface area contributed by atoms with Crippen LogP contribution in [0.25, 0.3) is 11.1 Å². The Kier molecular flexibility index (Phi) is 4.43. The number of guanidine groups is 1. The lowest BCUT2D eigenvalue weighted by Crippen LogP contribution is -2.42. The first-order valence-corrected chi connectivity index (χ1v) is 9.40. The summed E-state index contributed by atoms with van der Waals surface area (Å²) >= 11 is 1.51. The largest absolute Gasteiger partial charge is 0.369 e. The van der Waals surface area contributed by atoms with Gasteiger partial charge in [-0.2, -0.15) is 11.3 Å². The summed E-state index contributed by atoms with van der Waals surface area (Å²) in [5.74, 6) is -1.22. The maximum absolute atomic E-state index is 15.0. The molecule has 3 heterocycles. The molecule has 0 fully saturated rings. The van der Waals surface area contributed by atoms with Gasteiger partial charge in [0.15, 0.2) is 5.96 Å². The van der Waals surface area contributed by atoms with Gasteiger partial charge < -0.3 is 5.73 Å². The Morgan fingerprint density at radius 3 is 2.68 bits per heavy atom. The Bertz CT molecular complexity index is 1080. The molecule has 3 aromatic rings. The molecule has 0 saturated heterocycles. The summed E-state index contributed by atoms with van der Waals surface area (Å²) in [5, 5.41) is 3.83. The summed E-state index contributed by atoms with van der Waals surface area (Å²) in [6, 6.07) is 11.0. The van der Waals surface area contributed by atoms with Crippen LogP contribution in [0.1, 0.15) is 17.0 Å². The number of rotatable bonds is 4. The number of hydrogen-bond donors (Lipinski definition) is 1. The zero-order valence-corrected chi connectivity index (χ0v) is 15.7. The summed E-state index contributed by atoms with van der Waals surface area (Å²) in [5.41, 5.74) is 6.00. The number of aliphatic imine (C=N–C) groups is 1. The van der Waals surface area contributed by atoms with E-state index in [1.165, 1.54) is 36.6 Å². The summed E-state index contributed by atoms with van der Waals surface area (Å²) < 4.78 is 28.2. The van der Waals surface area contributed by atoms with Crippen LogP contribution in [-0.4, -0.2) is 28.8 Å². The Balaban J connectivity index is 2.01. The molecule has 142 valence electrons. The molecule has 0 saturated carbocycles. The van der Waals surface area contributed by atoms with Crippen molar-refractivity contribution in [1.29, 1.82) is 0 Å². The normalized spacial score (nSPS) is 19.2. The predicted octanol–water partition coefficient (Wildman–Crippen LogP) is 3.45. The first-order chi connectivity index (χ1) is 13.5. The molecule has 1 amide bonds. The lowest BCUT2D eigenvalue weighted by Gasteiger charge is -2.26. The van der Waals surface area contributed by atoms with Crippen LogP contribution in [0.5, 0.6) is 0 Å². The van der Waals surface area contributed by atoms with Crippen LogP contribution in [0.3, 0.4) is 0 Å². The topological polar surface area (TPSA) is 71.6 Å². The third-order valence-electron chi connectivity index (χ3n) is 4.77. The lowest BCUT2D eigenvalue weighted by molar-refractivity contribution is -0.129. The minimum Gasteiger partial charge on any atom is -0.369 e. The molecule has 1 aliphatic heterocycles. The molecular weight excluding hydrogens is 382 g/mol. The molecule has 4 rings (SSSR count). The maximum Gasteiger partial charge on any atom is 0.268 e. The molecule has 2 aromatic heterocycles. The zero-order valence-electron chi connectivity index (χ0n) is 14.9. The number of amides is 1. The van der Waals surface area contributed by atoms with Gasteiger partial charge in [0.2, 0.25) is 5.54 Å². The molecule has 1 aromatic carbocycles. The van der Waals surface area contributed by atoms with E-state index in [1.54, 1.807) is 18.2 Å². The van der Waals surface area contributed by atoms with Crippen molar-refractivity contribution < 1.29 is 13.6 Å². The van der Waals surface area contributed by atoms with Crippen molar-refractivity contribution >= 4 is 23.2 Å². The summed E-state index contributed by atoms with van der Waals surface area (Å²) in [7, 11) is 1.46. The molecule has 5 nitrogen and oxygen atoms in total. The third-order valence-corrected chi connectivity index (χ3v) is 5.45. The van der Waals surface area contributed by atoms with E-state index < -0.39 is 23.9 Å². The second-order valence-electron chi connectivity index (χ2n) is 6.40. The van der Waals surface area contributed by atoms with Crippen LogP contribution in [0.15, 0.2) is 58.2 Å². The van der Waals surface area contributed by atoms with Gasteiger partial charge in [0.05, 0.1) is 11.4 Å². The molecule has 0 spiro atoms. The molecule has 1 atom stereocenters. The molecule has 0 radical (unpaired) electrons. The van der Waals surface area contributed by atoms with Crippen molar-refractivity contribution in [2.24, 2.45) is 10.7 Å². The van der Waals surface area contributed by atoms with E-state index in [-0.39, 0.29) is 22.9 Å². The van der Waals surface area contributed by atoms with Gasteiger partial charge in [-0.3, -0.25) is 14.7 Å². The second-order valence-corrected chi connectivity index (χ2v) is 7.18. The minimum absolute atomic E-state index is 0.0250. The third kappa shape index (κ3) is 2.68. The zero-order chi connectivity index (χ0) is 19.9. The molecule has 1 aliphatic rings. The number of likely N-dealkylation sites (N-methyl/N-ethyl adjacent to an activating group) is 1. The van der Waals surface area contributed by atoms with E-state index in [1.807, 2.05) is 16.8 Å². The number of hydrogen-bond acceptors (Lipinski definition) is 5. The highest BCUT2D eigenvalue weighted by atomic mass is 32.1. The van der Waals surface area contributed by atoms with Gasteiger partial charge in [0.25, 0.3) is 5.91 Å². The fourth-order valence-electron chi connectivity index (χ4n) is 3.29. The number of halogens is 2. The van der Waals surface area contributed by atoms with Crippen molar-refractivity contribution in [1.82, 2.24) is 9.88 Å². The average molecular weight is 398 g/mol. The van der Waals surface area contributed by atoms with E-state index >= 15 is 4.39 Å². The van der Waals surface area contributed by atoms with Crippen molar-refractivity contribution in [2.45, 2.75) is 12.2 Å². The van der Waals surface area contributed by atoms with Crippen molar-refractivity contribution in [2.75, 3.05) is 7.05 Å². The number of thiophene rings is 1. The summed E-state index contributed by atoms with van der Waals surface area (Å²) in [4.78, 5) is 22.9. The molecule has 28 heavy (non-hydrogen) atoms. The van der Waals surface area contributed by atoms with Crippen LogP contribution in [0, 0.1) is 5.82 Å². The smallest absolute Gasteiger partial charge is 0.268 e. The fraction of sp³-hybridized carbons (Fsp3) is 0.150. The van der Waals surface area contributed by atoms with Gasteiger partial charge in [-0.15, -0.1) is 0 Å². The highest BCUT2D eigenvalue weighted by Gasteiger charge is 2.52. The maximum atomic E-state index is 15.0. The van der Waals surface area contributed by atoms with Crippen LogP contribution in [-0.2, 0) is 17.0 Å². The fourth-order valence-corrected chi connectivity index (χ4v) is 3.95. The van der Waals surface area contributed by atoms with E-state index in [9.17, 15) is 9.18 Å². The van der Waals surface area contributed by atoms with Crippen molar-refractivity contribution in [3.05, 3.63) is 76.0 Å². The minimum atomic E-state index is -1.81. The first kappa shape index (κ1) is 18.2. The van der Waals surface area contributed by atoms with Gasteiger partial charge in [-0.25, -0.2) is 13.8 Å². The molecule has 8 heteroatoms. The predicted molar refractivity (Wildman–Crippen MR) is 104 cm³/mol. The van der Waals surface area contributed by atoms with E-state index in [0.29, 0.717) is 0 Å². The van der Waals surface area contributed by atoms with Crippen LogP contribution >= 0.6 is 11.3 Å². The number of nitrogens with two attached hydrogens (primary N) is 1.